The molecule has 23 heavy (non-hydrogen) atoms. The van der Waals surface area contributed by atoms with E-state index in [0.717, 1.165) is 19.3 Å². The molecule has 0 aromatic rings. The van der Waals surface area contributed by atoms with Crippen LogP contribution in [-0.2, 0) is 19.0 Å². The van der Waals surface area contributed by atoms with Crippen molar-refractivity contribution in [2.45, 2.75) is 83.0 Å². The van der Waals surface area contributed by atoms with Gasteiger partial charge in [0.15, 0.2) is 0 Å². The van der Waals surface area contributed by atoms with Crippen LogP contribution in [0.2, 0.25) is 0 Å². The summed E-state index contributed by atoms with van der Waals surface area (Å²) in [5.41, 5.74) is -1.53. The first-order chi connectivity index (χ1) is 10.8. The van der Waals surface area contributed by atoms with Gasteiger partial charge in [-0.2, -0.15) is 0 Å². The lowest BCUT2D eigenvalue weighted by Crippen LogP contribution is -2.58. The third-order valence-corrected chi connectivity index (χ3v) is 4.28. The van der Waals surface area contributed by atoms with Gasteiger partial charge in [0.1, 0.15) is 17.2 Å². The minimum atomic E-state index is -0.951. The number of rotatable bonds is 3. The van der Waals surface area contributed by atoms with E-state index in [1.807, 2.05) is 20.8 Å². The Hall–Kier alpha value is -1.30. The molecule has 1 amide bonds. The molecule has 1 aliphatic carbocycles. The number of hydrogen-bond acceptors (Lipinski definition) is 5. The molecule has 1 N–H and O–H groups in total. The second-order valence-corrected chi connectivity index (χ2v) is 7.49. The van der Waals surface area contributed by atoms with Crippen molar-refractivity contribution in [3.63, 3.8) is 0 Å². The van der Waals surface area contributed by atoms with Gasteiger partial charge in [0.2, 0.25) is 0 Å². The van der Waals surface area contributed by atoms with E-state index < -0.39 is 17.2 Å². The Balaban J connectivity index is 1.99. The topological polar surface area (TPSA) is 73.9 Å². The lowest BCUT2D eigenvalue weighted by Gasteiger charge is -2.37. The summed E-state index contributed by atoms with van der Waals surface area (Å²) in [7, 11) is 0. The number of ether oxygens (including phenoxy) is 3. The number of carbonyl (C=O) groups excluding carboxylic acids is 2. The van der Waals surface area contributed by atoms with Gasteiger partial charge in [0.05, 0.1) is 13.2 Å². The van der Waals surface area contributed by atoms with Gasteiger partial charge in [-0.15, -0.1) is 0 Å². The van der Waals surface area contributed by atoms with Crippen molar-refractivity contribution in [3.8, 4) is 0 Å². The number of esters is 1. The summed E-state index contributed by atoms with van der Waals surface area (Å²) in [6.45, 7) is 6.72. The Morgan fingerprint density at radius 3 is 2.26 bits per heavy atom. The minimum Gasteiger partial charge on any atom is -0.458 e. The SMILES string of the molecule is CC(C)(C)OC(=O)C1(NC(=O)OC2CCOCC2)CCCCC1. The Kier molecular flexibility index (Phi) is 5.89. The van der Waals surface area contributed by atoms with Crippen LogP contribution in [0.15, 0.2) is 0 Å². The highest BCUT2D eigenvalue weighted by Crippen LogP contribution is 2.31. The molecule has 2 aliphatic rings. The Bertz CT molecular complexity index is 417. The zero-order valence-electron chi connectivity index (χ0n) is 14.5. The third kappa shape index (κ3) is 5.37. The van der Waals surface area contributed by atoms with Crippen LogP contribution in [0.5, 0.6) is 0 Å². The van der Waals surface area contributed by atoms with Crippen molar-refractivity contribution in [2.75, 3.05) is 13.2 Å². The predicted molar refractivity (Wildman–Crippen MR) is 85.1 cm³/mol. The summed E-state index contributed by atoms with van der Waals surface area (Å²) in [6.07, 6.45) is 4.82. The summed E-state index contributed by atoms with van der Waals surface area (Å²) < 4.78 is 16.3. The van der Waals surface area contributed by atoms with E-state index in [0.29, 0.717) is 38.9 Å². The molecule has 0 atom stereocenters. The summed E-state index contributed by atoms with van der Waals surface area (Å²) >= 11 is 0. The molecular formula is C17H29NO5. The van der Waals surface area contributed by atoms with Crippen molar-refractivity contribution in [1.82, 2.24) is 5.32 Å². The van der Waals surface area contributed by atoms with Crippen LogP contribution < -0.4 is 5.32 Å². The first-order valence-electron chi connectivity index (χ1n) is 8.61. The molecule has 6 nitrogen and oxygen atoms in total. The fourth-order valence-corrected chi connectivity index (χ4v) is 3.08. The first-order valence-corrected chi connectivity index (χ1v) is 8.61. The van der Waals surface area contributed by atoms with E-state index in [2.05, 4.69) is 5.32 Å². The maximum atomic E-state index is 12.7. The van der Waals surface area contributed by atoms with Gasteiger partial charge in [0, 0.05) is 12.8 Å². The van der Waals surface area contributed by atoms with E-state index in [4.69, 9.17) is 14.2 Å². The molecule has 2 rings (SSSR count). The molecule has 0 spiro atoms. The van der Waals surface area contributed by atoms with Crippen molar-refractivity contribution in [3.05, 3.63) is 0 Å². The van der Waals surface area contributed by atoms with Crippen LogP contribution in [0, 0.1) is 0 Å². The second kappa shape index (κ2) is 7.51. The molecule has 132 valence electrons. The monoisotopic (exact) mass is 327 g/mol. The van der Waals surface area contributed by atoms with Crippen LogP contribution in [-0.4, -0.2) is 42.5 Å². The second-order valence-electron chi connectivity index (χ2n) is 7.49. The van der Waals surface area contributed by atoms with Crippen LogP contribution in [0.3, 0.4) is 0 Å². The van der Waals surface area contributed by atoms with E-state index >= 15 is 0 Å². The van der Waals surface area contributed by atoms with Crippen molar-refractivity contribution >= 4 is 12.1 Å². The van der Waals surface area contributed by atoms with Crippen LogP contribution in [0.4, 0.5) is 4.79 Å². The lowest BCUT2D eigenvalue weighted by molar-refractivity contribution is -0.164. The van der Waals surface area contributed by atoms with Gasteiger partial charge in [-0.05, 0) is 33.6 Å². The molecule has 6 heteroatoms. The first kappa shape index (κ1) is 18.0. The molecule has 0 aromatic heterocycles. The molecule has 0 radical (unpaired) electrons. The van der Waals surface area contributed by atoms with Crippen LogP contribution in [0.1, 0.15) is 65.7 Å². The van der Waals surface area contributed by atoms with Crippen molar-refractivity contribution in [1.29, 1.82) is 0 Å². The quantitative estimate of drug-likeness (QED) is 0.807. The highest BCUT2D eigenvalue weighted by molar-refractivity contribution is 5.86. The predicted octanol–water partition coefficient (Wildman–Crippen LogP) is 2.94. The molecular weight excluding hydrogens is 298 g/mol. The molecule has 0 unspecified atom stereocenters. The van der Waals surface area contributed by atoms with Gasteiger partial charge < -0.3 is 19.5 Å². The molecule has 1 saturated heterocycles. The number of alkyl carbamates (subject to hydrolysis) is 1. The minimum absolute atomic E-state index is 0.136. The highest BCUT2D eigenvalue weighted by atomic mass is 16.6. The average molecular weight is 327 g/mol. The Labute approximate surface area is 138 Å². The Morgan fingerprint density at radius 1 is 1.09 bits per heavy atom. The van der Waals surface area contributed by atoms with Gasteiger partial charge in [-0.3, -0.25) is 0 Å². The molecule has 1 aliphatic heterocycles. The lowest BCUT2D eigenvalue weighted by atomic mass is 9.81. The van der Waals surface area contributed by atoms with Crippen LogP contribution >= 0.6 is 0 Å². The molecule has 1 saturated carbocycles. The van der Waals surface area contributed by atoms with Crippen molar-refractivity contribution in [2.24, 2.45) is 0 Å². The van der Waals surface area contributed by atoms with Gasteiger partial charge in [0.25, 0.3) is 0 Å². The van der Waals surface area contributed by atoms with Crippen molar-refractivity contribution < 1.29 is 23.8 Å². The maximum Gasteiger partial charge on any atom is 0.408 e. The van der Waals surface area contributed by atoms with E-state index in [-0.39, 0.29) is 12.1 Å². The standard InChI is InChI=1S/C17H29NO5/c1-16(2,3)23-14(19)17(9-5-4-6-10-17)18-15(20)22-13-7-11-21-12-8-13/h13H,4-12H2,1-3H3,(H,18,20). The smallest absolute Gasteiger partial charge is 0.408 e. The van der Waals surface area contributed by atoms with Gasteiger partial charge >= 0.3 is 12.1 Å². The number of amides is 1. The van der Waals surface area contributed by atoms with E-state index in [1.165, 1.54) is 0 Å². The summed E-state index contributed by atoms with van der Waals surface area (Å²) in [4.78, 5) is 24.9. The van der Waals surface area contributed by atoms with Crippen LogP contribution in [0.25, 0.3) is 0 Å². The molecule has 1 heterocycles. The van der Waals surface area contributed by atoms with E-state index in [1.54, 1.807) is 0 Å². The Morgan fingerprint density at radius 2 is 1.70 bits per heavy atom. The molecule has 0 bridgehead atoms. The fraction of sp³-hybridized carbons (Fsp3) is 0.882. The number of hydrogen-bond donors (Lipinski definition) is 1. The molecule has 2 fully saturated rings. The fourth-order valence-electron chi connectivity index (χ4n) is 3.08. The van der Waals surface area contributed by atoms with Gasteiger partial charge in [-0.1, -0.05) is 19.3 Å². The zero-order valence-corrected chi connectivity index (χ0v) is 14.5. The highest BCUT2D eigenvalue weighted by Gasteiger charge is 2.44. The third-order valence-electron chi connectivity index (χ3n) is 4.28. The molecule has 0 aromatic carbocycles. The maximum absolute atomic E-state index is 12.7. The number of nitrogens with one attached hydrogen (secondary N) is 1. The summed E-state index contributed by atoms with van der Waals surface area (Å²) in [6, 6.07) is 0. The summed E-state index contributed by atoms with van der Waals surface area (Å²) in [5.74, 6) is -0.353. The summed E-state index contributed by atoms with van der Waals surface area (Å²) in [5, 5.41) is 2.83. The average Bonchev–Trinajstić information content (AvgIpc) is 2.47. The zero-order chi connectivity index (χ0) is 16.9. The number of carbonyl (C=O) groups is 2. The normalized spacial score (nSPS) is 22.2. The van der Waals surface area contributed by atoms with Gasteiger partial charge in [-0.25, -0.2) is 9.59 Å². The van der Waals surface area contributed by atoms with E-state index in [9.17, 15) is 9.59 Å². The largest absolute Gasteiger partial charge is 0.458 e.